The molecule has 0 spiro atoms. The normalized spacial score (nSPS) is 17.7. The van der Waals surface area contributed by atoms with Crippen LogP contribution in [-0.2, 0) is 12.6 Å². The van der Waals surface area contributed by atoms with Gasteiger partial charge in [-0.1, -0.05) is 23.7 Å². The maximum Gasteiger partial charge on any atom is 0.417 e. The third-order valence-electron chi connectivity index (χ3n) is 7.76. The molecule has 6 nitrogen and oxygen atoms in total. The maximum absolute atomic E-state index is 13.2. The van der Waals surface area contributed by atoms with Gasteiger partial charge in [0.2, 0.25) is 0 Å². The Bertz CT molecular complexity index is 1380. The summed E-state index contributed by atoms with van der Waals surface area (Å²) in [6, 6.07) is 13.1. The summed E-state index contributed by atoms with van der Waals surface area (Å²) in [7, 11) is 0. The third kappa shape index (κ3) is 6.25. The second-order valence-corrected chi connectivity index (χ2v) is 10.7. The first-order valence-electron chi connectivity index (χ1n) is 13.4. The number of alkyl halides is 3. The lowest BCUT2D eigenvalue weighted by Gasteiger charge is -2.34. The van der Waals surface area contributed by atoms with Crippen LogP contribution < -0.4 is 15.5 Å². The summed E-state index contributed by atoms with van der Waals surface area (Å²) >= 11 is 5.94. The number of nitrogens with zero attached hydrogens (tertiary/aromatic N) is 2. The molecule has 0 radical (unpaired) electrons. The molecule has 1 aliphatic heterocycles. The lowest BCUT2D eigenvalue weighted by atomic mass is 9.81. The predicted octanol–water partition coefficient (Wildman–Crippen LogP) is 6.00. The molecular formula is C30H30ClF3N4O2. The zero-order chi connectivity index (χ0) is 28.3. The summed E-state index contributed by atoms with van der Waals surface area (Å²) in [5, 5.41) is 5.32. The van der Waals surface area contributed by atoms with Crippen molar-refractivity contribution in [2.45, 2.75) is 50.2 Å². The van der Waals surface area contributed by atoms with Crippen molar-refractivity contribution in [3.8, 4) is 0 Å². The number of anilines is 1. The molecule has 1 unspecified atom stereocenters. The third-order valence-corrected chi connectivity index (χ3v) is 8.17. The molecule has 1 fully saturated rings. The van der Waals surface area contributed by atoms with Crippen LogP contribution in [0, 0.1) is 0 Å². The van der Waals surface area contributed by atoms with Crippen LogP contribution in [0.15, 0.2) is 60.9 Å². The summed E-state index contributed by atoms with van der Waals surface area (Å²) in [6.45, 7) is 1.92. The zero-order valence-corrected chi connectivity index (χ0v) is 22.6. The fourth-order valence-corrected chi connectivity index (χ4v) is 5.91. The van der Waals surface area contributed by atoms with E-state index in [1.807, 2.05) is 30.3 Å². The molecule has 2 heterocycles. The quantitative estimate of drug-likeness (QED) is 0.381. The Balaban J connectivity index is 1.22. The molecule has 2 aliphatic rings. The minimum absolute atomic E-state index is 0.0615. The maximum atomic E-state index is 13.2. The van der Waals surface area contributed by atoms with E-state index in [-0.39, 0.29) is 30.0 Å². The number of aromatic nitrogens is 1. The van der Waals surface area contributed by atoms with E-state index in [4.69, 9.17) is 11.6 Å². The van der Waals surface area contributed by atoms with Crippen molar-refractivity contribution < 1.29 is 22.8 Å². The number of carbonyl (C=O) groups is 2. The van der Waals surface area contributed by atoms with E-state index < -0.39 is 22.7 Å². The summed E-state index contributed by atoms with van der Waals surface area (Å²) in [6.07, 6.45) is 3.16. The number of piperidine rings is 1. The summed E-state index contributed by atoms with van der Waals surface area (Å²) in [4.78, 5) is 32.3. The van der Waals surface area contributed by atoms with Crippen molar-refractivity contribution in [2.24, 2.45) is 0 Å². The van der Waals surface area contributed by atoms with E-state index in [2.05, 4.69) is 20.5 Å². The fraction of sp³-hybridized carbons (Fsp3) is 0.367. The first-order valence-corrected chi connectivity index (χ1v) is 13.8. The molecule has 1 atom stereocenters. The Hall–Kier alpha value is -3.59. The van der Waals surface area contributed by atoms with Gasteiger partial charge in [-0.25, -0.2) is 0 Å². The molecule has 2 aromatic carbocycles. The highest BCUT2D eigenvalue weighted by Crippen LogP contribution is 2.36. The number of rotatable bonds is 6. The predicted molar refractivity (Wildman–Crippen MR) is 148 cm³/mol. The molecule has 2 N–H and O–H groups in total. The van der Waals surface area contributed by atoms with Gasteiger partial charge in [0.15, 0.2) is 0 Å². The molecule has 1 aliphatic carbocycles. The number of carbonyl (C=O) groups excluding carboxylic acids is 2. The largest absolute Gasteiger partial charge is 0.417 e. The van der Waals surface area contributed by atoms with Gasteiger partial charge < -0.3 is 15.5 Å². The van der Waals surface area contributed by atoms with Gasteiger partial charge in [0.05, 0.1) is 16.1 Å². The van der Waals surface area contributed by atoms with Crippen LogP contribution in [0.25, 0.3) is 0 Å². The van der Waals surface area contributed by atoms with Gasteiger partial charge in [-0.2, -0.15) is 13.2 Å². The lowest BCUT2D eigenvalue weighted by Crippen LogP contribution is -2.44. The molecule has 2 amide bonds. The van der Waals surface area contributed by atoms with E-state index in [9.17, 15) is 22.8 Å². The van der Waals surface area contributed by atoms with E-state index in [1.54, 1.807) is 12.4 Å². The highest BCUT2D eigenvalue weighted by atomic mass is 35.5. The Morgan fingerprint density at radius 1 is 1.00 bits per heavy atom. The number of aryl methyl sites for hydroxylation is 1. The monoisotopic (exact) mass is 570 g/mol. The van der Waals surface area contributed by atoms with Crippen molar-refractivity contribution >= 4 is 29.1 Å². The average molecular weight is 571 g/mol. The van der Waals surface area contributed by atoms with Crippen LogP contribution >= 0.6 is 11.6 Å². The topological polar surface area (TPSA) is 74.3 Å². The van der Waals surface area contributed by atoms with Crippen molar-refractivity contribution in [1.29, 1.82) is 0 Å². The molecule has 10 heteroatoms. The van der Waals surface area contributed by atoms with Crippen molar-refractivity contribution in [3.63, 3.8) is 0 Å². The van der Waals surface area contributed by atoms with Gasteiger partial charge in [-0.05, 0) is 79.6 Å². The van der Waals surface area contributed by atoms with Crippen molar-refractivity contribution in [2.75, 3.05) is 24.5 Å². The molecule has 0 saturated carbocycles. The number of fused-ring (bicyclic) bond motifs is 1. The van der Waals surface area contributed by atoms with E-state index >= 15 is 0 Å². The number of benzene rings is 2. The van der Waals surface area contributed by atoms with E-state index in [0.717, 1.165) is 68.1 Å². The molecule has 0 bridgehead atoms. The molecule has 40 heavy (non-hydrogen) atoms. The van der Waals surface area contributed by atoms with Gasteiger partial charge in [-0.3, -0.25) is 14.6 Å². The highest BCUT2D eigenvalue weighted by Gasteiger charge is 2.35. The van der Waals surface area contributed by atoms with Crippen LogP contribution in [0.4, 0.5) is 18.9 Å². The minimum Gasteiger partial charge on any atom is -0.371 e. The average Bonchev–Trinajstić information content (AvgIpc) is 2.96. The van der Waals surface area contributed by atoms with Crippen LogP contribution in [0.5, 0.6) is 0 Å². The summed E-state index contributed by atoms with van der Waals surface area (Å²) in [5.74, 6) is -0.849. The number of hydrogen-bond donors (Lipinski definition) is 2. The second kappa shape index (κ2) is 11.9. The molecule has 1 saturated heterocycles. The van der Waals surface area contributed by atoms with Crippen molar-refractivity contribution in [1.82, 2.24) is 15.6 Å². The second-order valence-electron chi connectivity index (χ2n) is 10.3. The van der Waals surface area contributed by atoms with Gasteiger partial charge in [-0.15, -0.1) is 0 Å². The Morgan fingerprint density at radius 3 is 2.48 bits per heavy atom. The number of pyridine rings is 1. The lowest BCUT2D eigenvalue weighted by molar-refractivity contribution is -0.137. The van der Waals surface area contributed by atoms with Crippen LogP contribution in [0.3, 0.4) is 0 Å². The summed E-state index contributed by atoms with van der Waals surface area (Å²) < 4.78 is 39.7. The molecule has 3 aromatic rings. The van der Waals surface area contributed by atoms with Crippen molar-refractivity contribution in [3.05, 3.63) is 93.8 Å². The first-order chi connectivity index (χ1) is 19.2. The number of halogens is 4. The molecule has 210 valence electrons. The zero-order valence-electron chi connectivity index (χ0n) is 21.8. The van der Waals surface area contributed by atoms with Gasteiger partial charge in [0.1, 0.15) is 0 Å². The Morgan fingerprint density at radius 2 is 1.75 bits per heavy atom. The van der Waals surface area contributed by atoms with E-state index in [0.29, 0.717) is 5.56 Å². The Kier molecular flexibility index (Phi) is 8.30. The standard InChI is InChI=1S/C30H30ClF3N4O2/c31-27-24(5-2-6-26(27)30(32,33)34)29(40)36-18-21-4-1-3-19-7-8-20(17-25(19)21)28(39)37-22-11-15-38(16-12-22)23-9-13-35-14-10-23/h2,5-10,13-14,17,21-22H,1,3-4,11-12,15-16,18H2,(H,36,40)(H,37,39). The van der Waals surface area contributed by atoms with Crippen LogP contribution in [-0.4, -0.2) is 42.5 Å². The van der Waals surface area contributed by atoms with Gasteiger partial charge in [0.25, 0.3) is 11.8 Å². The molecular weight excluding hydrogens is 541 g/mol. The van der Waals surface area contributed by atoms with Crippen LogP contribution in [0.2, 0.25) is 5.02 Å². The van der Waals surface area contributed by atoms with Gasteiger partial charge >= 0.3 is 6.18 Å². The van der Waals surface area contributed by atoms with Gasteiger partial charge in [0, 0.05) is 55.2 Å². The fourth-order valence-electron chi connectivity index (χ4n) is 5.59. The number of amides is 2. The smallest absolute Gasteiger partial charge is 0.371 e. The first kappa shape index (κ1) is 28.0. The number of hydrogen-bond acceptors (Lipinski definition) is 4. The highest BCUT2D eigenvalue weighted by molar-refractivity contribution is 6.34. The number of nitrogens with one attached hydrogen (secondary N) is 2. The molecule has 5 rings (SSSR count). The minimum atomic E-state index is -4.65. The van der Waals surface area contributed by atoms with E-state index in [1.165, 1.54) is 12.1 Å². The molecule has 1 aromatic heterocycles. The Labute approximate surface area is 235 Å². The van der Waals surface area contributed by atoms with Crippen LogP contribution in [0.1, 0.15) is 69.0 Å². The SMILES string of the molecule is O=C(NC1CCN(c2ccncc2)CC1)c1ccc2c(c1)C(CNC(=O)c1cccc(C(F)(F)F)c1Cl)CCC2. The summed E-state index contributed by atoms with van der Waals surface area (Å²) in [5.41, 5.74) is 2.54.